The van der Waals surface area contributed by atoms with E-state index in [2.05, 4.69) is 0 Å². The molecule has 1 rings (SSSR count). The molecule has 0 amide bonds. The van der Waals surface area contributed by atoms with Gasteiger partial charge in [-0.25, -0.2) is 0 Å². The molecule has 0 bridgehead atoms. The van der Waals surface area contributed by atoms with Gasteiger partial charge in [0.05, 0.1) is 0 Å². The molecule has 1 nitrogen and oxygen atoms in total. The van der Waals surface area contributed by atoms with Crippen molar-refractivity contribution in [3.63, 3.8) is 0 Å². The normalized spacial score (nSPS) is 30.6. The molecule has 0 N–H and O–H groups in total. The van der Waals surface area contributed by atoms with Gasteiger partial charge in [-0.05, 0) is 0 Å². The van der Waals surface area contributed by atoms with Gasteiger partial charge >= 0.3 is 55.4 Å². The summed E-state index contributed by atoms with van der Waals surface area (Å²) in [6, 6.07) is 0. The van der Waals surface area contributed by atoms with Crippen molar-refractivity contribution < 1.29 is 4.79 Å². The average molecular weight is 177 g/mol. The van der Waals surface area contributed by atoms with Gasteiger partial charge in [-0.3, -0.25) is 0 Å². The summed E-state index contributed by atoms with van der Waals surface area (Å²) in [6.07, 6.45) is 0.862. The SMILES string of the molecule is CC1C[Se]CCC1=O. The summed E-state index contributed by atoms with van der Waals surface area (Å²) in [4.78, 5) is 10.8. The van der Waals surface area contributed by atoms with E-state index in [4.69, 9.17) is 0 Å². The van der Waals surface area contributed by atoms with E-state index in [1.807, 2.05) is 6.92 Å². The van der Waals surface area contributed by atoms with Crippen LogP contribution in [0.1, 0.15) is 13.3 Å². The Bertz CT molecular complexity index is 101. The Morgan fingerprint density at radius 2 is 2.50 bits per heavy atom. The van der Waals surface area contributed by atoms with Crippen molar-refractivity contribution in [1.82, 2.24) is 0 Å². The molecular formula is C6H10OSe. The molecule has 1 unspecified atom stereocenters. The van der Waals surface area contributed by atoms with Crippen LogP contribution in [0.2, 0.25) is 10.6 Å². The zero-order valence-electron chi connectivity index (χ0n) is 5.02. The van der Waals surface area contributed by atoms with E-state index in [9.17, 15) is 4.79 Å². The predicted molar refractivity (Wildman–Crippen MR) is 34.2 cm³/mol. The van der Waals surface area contributed by atoms with Gasteiger partial charge in [0.15, 0.2) is 0 Å². The van der Waals surface area contributed by atoms with Gasteiger partial charge in [0.1, 0.15) is 0 Å². The molecule has 0 aromatic rings. The molecule has 0 aromatic carbocycles. The molecule has 1 heterocycles. The van der Waals surface area contributed by atoms with Gasteiger partial charge in [-0.15, -0.1) is 0 Å². The Balaban J connectivity index is 2.39. The molecule has 1 atom stereocenters. The van der Waals surface area contributed by atoms with Crippen LogP contribution in [0.3, 0.4) is 0 Å². The van der Waals surface area contributed by atoms with Crippen molar-refractivity contribution in [2.24, 2.45) is 5.92 Å². The quantitative estimate of drug-likeness (QED) is 0.507. The van der Waals surface area contributed by atoms with Crippen molar-refractivity contribution in [2.75, 3.05) is 0 Å². The first kappa shape index (κ1) is 6.31. The molecule has 1 saturated heterocycles. The monoisotopic (exact) mass is 178 g/mol. The fraction of sp³-hybridized carbons (Fsp3) is 0.833. The molecule has 2 heteroatoms. The van der Waals surface area contributed by atoms with E-state index >= 15 is 0 Å². The fourth-order valence-corrected chi connectivity index (χ4v) is 2.98. The Morgan fingerprint density at radius 1 is 1.75 bits per heavy atom. The van der Waals surface area contributed by atoms with Crippen LogP contribution in [-0.4, -0.2) is 20.7 Å². The zero-order valence-corrected chi connectivity index (χ0v) is 6.73. The van der Waals surface area contributed by atoms with Gasteiger partial charge in [0.2, 0.25) is 0 Å². The van der Waals surface area contributed by atoms with Crippen molar-refractivity contribution in [1.29, 1.82) is 0 Å². The third-order valence-electron chi connectivity index (χ3n) is 1.41. The van der Waals surface area contributed by atoms with E-state index in [1.54, 1.807) is 0 Å². The van der Waals surface area contributed by atoms with Crippen molar-refractivity contribution in [3.05, 3.63) is 0 Å². The number of hydrogen-bond acceptors (Lipinski definition) is 1. The molecule has 0 radical (unpaired) electrons. The van der Waals surface area contributed by atoms with Gasteiger partial charge in [-0.1, -0.05) is 0 Å². The number of ketones is 1. The second-order valence-electron chi connectivity index (χ2n) is 2.19. The summed E-state index contributed by atoms with van der Waals surface area (Å²) in [5.74, 6) is 0.877. The van der Waals surface area contributed by atoms with E-state index in [0.717, 1.165) is 21.4 Å². The van der Waals surface area contributed by atoms with Gasteiger partial charge < -0.3 is 0 Å². The molecular weight excluding hydrogens is 167 g/mol. The number of carbonyl (C=O) groups is 1. The molecule has 0 aliphatic carbocycles. The second-order valence-corrected chi connectivity index (χ2v) is 4.60. The third kappa shape index (κ3) is 1.33. The summed E-state index contributed by atoms with van der Waals surface area (Å²) >= 11 is 0.785. The minimum absolute atomic E-state index is 0.392. The van der Waals surface area contributed by atoms with E-state index < -0.39 is 0 Å². The van der Waals surface area contributed by atoms with Crippen LogP contribution in [0.5, 0.6) is 0 Å². The maximum absolute atomic E-state index is 10.8. The average Bonchev–Trinajstić information content (AvgIpc) is 1.77. The summed E-state index contributed by atoms with van der Waals surface area (Å²) in [7, 11) is 0. The minimum atomic E-state index is 0.392. The van der Waals surface area contributed by atoms with Crippen molar-refractivity contribution >= 4 is 20.7 Å². The second kappa shape index (κ2) is 2.65. The van der Waals surface area contributed by atoms with Crippen LogP contribution in [0, 0.1) is 5.92 Å². The van der Waals surface area contributed by atoms with Crippen LogP contribution in [0.4, 0.5) is 0 Å². The number of carbonyl (C=O) groups excluding carboxylic acids is 1. The molecule has 1 aliphatic heterocycles. The van der Waals surface area contributed by atoms with Gasteiger partial charge in [0.25, 0.3) is 0 Å². The topological polar surface area (TPSA) is 17.1 Å². The number of rotatable bonds is 0. The Kier molecular flexibility index (Phi) is 2.09. The summed E-state index contributed by atoms with van der Waals surface area (Å²) in [5, 5.41) is 2.38. The van der Waals surface area contributed by atoms with E-state index in [0.29, 0.717) is 11.7 Å². The fourth-order valence-electron chi connectivity index (χ4n) is 0.772. The van der Waals surface area contributed by atoms with Crippen molar-refractivity contribution in [3.8, 4) is 0 Å². The van der Waals surface area contributed by atoms with E-state index in [1.165, 1.54) is 10.6 Å². The predicted octanol–water partition coefficient (Wildman–Crippen LogP) is 1.14. The molecule has 1 fully saturated rings. The van der Waals surface area contributed by atoms with E-state index in [-0.39, 0.29) is 0 Å². The van der Waals surface area contributed by atoms with Gasteiger partial charge in [0, 0.05) is 0 Å². The summed E-state index contributed by atoms with van der Waals surface area (Å²) < 4.78 is 0. The third-order valence-corrected chi connectivity index (χ3v) is 3.99. The first-order valence-corrected chi connectivity index (χ1v) is 5.33. The zero-order chi connectivity index (χ0) is 5.98. The number of Topliss-reactive ketones (excluding diaryl/α,β-unsaturated/α-hetero) is 1. The molecule has 46 valence electrons. The Hall–Kier alpha value is 0.189. The van der Waals surface area contributed by atoms with Gasteiger partial charge in [-0.2, -0.15) is 0 Å². The standard InChI is InChI=1S/C6H10OSe/c1-5-4-8-3-2-6(5)7/h5H,2-4H2,1H3. The first-order chi connectivity index (χ1) is 3.80. The molecule has 0 spiro atoms. The van der Waals surface area contributed by atoms with Crippen molar-refractivity contribution in [2.45, 2.75) is 24.0 Å². The summed E-state index contributed by atoms with van der Waals surface area (Å²) in [6.45, 7) is 2.04. The van der Waals surface area contributed by atoms with Crippen LogP contribution < -0.4 is 0 Å². The molecule has 0 saturated carbocycles. The van der Waals surface area contributed by atoms with Crippen LogP contribution in [0.15, 0.2) is 0 Å². The first-order valence-electron chi connectivity index (χ1n) is 2.91. The Morgan fingerprint density at radius 3 is 2.88 bits per heavy atom. The van der Waals surface area contributed by atoms with Crippen LogP contribution >= 0.6 is 0 Å². The molecule has 0 aromatic heterocycles. The van der Waals surface area contributed by atoms with Crippen LogP contribution in [-0.2, 0) is 4.79 Å². The molecule has 1 aliphatic rings. The number of hydrogen-bond donors (Lipinski definition) is 0. The molecule has 8 heavy (non-hydrogen) atoms. The maximum atomic E-state index is 10.8. The summed E-state index contributed by atoms with van der Waals surface area (Å²) in [5.41, 5.74) is 0. The Labute approximate surface area is 56.0 Å². The van der Waals surface area contributed by atoms with Crippen LogP contribution in [0.25, 0.3) is 0 Å².